The first-order chi connectivity index (χ1) is 10.2. The predicted molar refractivity (Wildman–Crippen MR) is 88.3 cm³/mol. The molecule has 0 atom stereocenters. The van der Waals surface area contributed by atoms with Gasteiger partial charge < -0.3 is 19.5 Å². The summed E-state index contributed by atoms with van der Waals surface area (Å²) in [5.74, 6) is 2.36. The first-order valence-corrected chi connectivity index (χ1v) is 7.91. The normalized spacial score (nSPS) is 12.3. The Morgan fingerprint density at radius 3 is 2.52 bits per heavy atom. The van der Waals surface area contributed by atoms with Crippen LogP contribution in [-0.2, 0) is 6.54 Å². The zero-order valence-electron chi connectivity index (χ0n) is 11.3. The van der Waals surface area contributed by atoms with Gasteiger partial charge in [-0.15, -0.1) is 0 Å². The van der Waals surface area contributed by atoms with E-state index in [4.69, 9.17) is 14.2 Å². The van der Waals surface area contributed by atoms with Gasteiger partial charge in [0.15, 0.2) is 11.5 Å². The lowest BCUT2D eigenvalue weighted by molar-refractivity contribution is 0.174. The molecular weight excluding hydrogens is 402 g/mol. The molecule has 110 valence electrons. The van der Waals surface area contributed by atoms with Gasteiger partial charge in [-0.1, -0.05) is 0 Å². The van der Waals surface area contributed by atoms with Crippen LogP contribution < -0.4 is 19.5 Å². The fraction of sp³-hybridized carbons (Fsp3) is 0.200. The zero-order valence-corrected chi connectivity index (χ0v) is 14.5. The minimum Gasteiger partial charge on any atom is -0.494 e. The van der Waals surface area contributed by atoms with E-state index < -0.39 is 0 Å². The number of rotatable bonds is 4. The Bertz CT molecular complexity index is 653. The highest BCUT2D eigenvalue weighted by atomic mass is 79.9. The minimum absolute atomic E-state index is 0.289. The smallest absolute Gasteiger partial charge is 0.231 e. The molecule has 0 unspecified atom stereocenters. The van der Waals surface area contributed by atoms with E-state index in [2.05, 4.69) is 37.2 Å². The van der Waals surface area contributed by atoms with Crippen LogP contribution in [0.1, 0.15) is 5.56 Å². The molecule has 4 nitrogen and oxygen atoms in total. The monoisotopic (exact) mass is 413 g/mol. The maximum absolute atomic E-state index is 5.37. The molecule has 1 N–H and O–H groups in total. The summed E-state index contributed by atoms with van der Waals surface area (Å²) >= 11 is 7.01. The lowest BCUT2D eigenvalue weighted by atomic mass is 10.2. The molecule has 0 spiro atoms. The van der Waals surface area contributed by atoms with Gasteiger partial charge in [0.1, 0.15) is 5.75 Å². The van der Waals surface area contributed by atoms with E-state index in [1.807, 2.05) is 30.3 Å². The lowest BCUT2D eigenvalue weighted by Crippen LogP contribution is -2.00. The molecule has 21 heavy (non-hydrogen) atoms. The van der Waals surface area contributed by atoms with Crippen molar-refractivity contribution in [1.29, 1.82) is 0 Å². The Hall–Kier alpha value is -1.40. The van der Waals surface area contributed by atoms with Crippen molar-refractivity contribution in [2.24, 2.45) is 0 Å². The van der Waals surface area contributed by atoms with Crippen LogP contribution in [0.15, 0.2) is 39.3 Å². The van der Waals surface area contributed by atoms with Gasteiger partial charge in [0.2, 0.25) is 6.79 Å². The molecule has 0 fully saturated rings. The van der Waals surface area contributed by atoms with Crippen molar-refractivity contribution in [1.82, 2.24) is 0 Å². The number of nitrogens with one attached hydrogen (secondary N) is 1. The predicted octanol–water partition coefficient (Wildman–Crippen LogP) is 4.56. The molecule has 1 aliphatic heterocycles. The van der Waals surface area contributed by atoms with E-state index in [0.29, 0.717) is 6.54 Å². The van der Waals surface area contributed by atoms with Crippen molar-refractivity contribution >= 4 is 37.5 Å². The van der Waals surface area contributed by atoms with Crippen molar-refractivity contribution in [3.8, 4) is 17.2 Å². The Balaban J connectivity index is 1.73. The van der Waals surface area contributed by atoms with E-state index in [1.165, 1.54) is 0 Å². The Morgan fingerprint density at radius 2 is 1.81 bits per heavy atom. The largest absolute Gasteiger partial charge is 0.494 e. The summed E-state index contributed by atoms with van der Waals surface area (Å²) in [5, 5.41) is 3.36. The maximum atomic E-state index is 5.37. The van der Waals surface area contributed by atoms with Gasteiger partial charge in [-0.2, -0.15) is 0 Å². The molecule has 0 saturated carbocycles. The quantitative estimate of drug-likeness (QED) is 0.795. The number of hydrogen-bond acceptors (Lipinski definition) is 4. The van der Waals surface area contributed by atoms with Crippen LogP contribution in [0.3, 0.4) is 0 Å². The highest BCUT2D eigenvalue weighted by Gasteiger charge is 2.13. The topological polar surface area (TPSA) is 39.7 Å². The minimum atomic E-state index is 0.289. The van der Waals surface area contributed by atoms with E-state index in [9.17, 15) is 0 Å². The van der Waals surface area contributed by atoms with Crippen molar-refractivity contribution in [3.63, 3.8) is 0 Å². The number of anilines is 1. The Kier molecular flexibility index (Phi) is 4.26. The average Bonchev–Trinajstić information content (AvgIpc) is 2.92. The highest BCUT2D eigenvalue weighted by molar-refractivity contribution is 9.11. The number of benzene rings is 2. The second kappa shape index (κ2) is 6.15. The van der Waals surface area contributed by atoms with Gasteiger partial charge >= 0.3 is 0 Å². The fourth-order valence-electron chi connectivity index (χ4n) is 2.12. The van der Waals surface area contributed by atoms with Gasteiger partial charge in [-0.25, -0.2) is 0 Å². The van der Waals surface area contributed by atoms with Crippen LogP contribution >= 0.6 is 31.9 Å². The molecule has 0 aromatic heterocycles. The third kappa shape index (κ3) is 3.11. The van der Waals surface area contributed by atoms with Crippen LogP contribution in [0.5, 0.6) is 17.2 Å². The lowest BCUT2D eigenvalue weighted by Gasteiger charge is -2.11. The molecule has 0 aliphatic carbocycles. The molecule has 0 radical (unpaired) electrons. The Morgan fingerprint density at radius 1 is 1.10 bits per heavy atom. The third-order valence-corrected chi connectivity index (χ3v) is 4.31. The van der Waals surface area contributed by atoms with E-state index in [-0.39, 0.29) is 6.79 Å². The molecule has 1 heterocycles. The number of hydrogen-bond donors (Lipinski definition) is 1. The fourth-order valence-corrected chi connectivity index (χ4v) is 3.73. The van der Waals surface area contributed by atoms with Crippen molar-refractivity contribution in [2.45, 2.75) is 6.54 Å². The summed E-state index contributed by atoms with van der Waals surface area (Å²) < 4.78 is 17.8. The second-order valence-corrected chi connectivity index (χ2v) is 6.22. The van der Waals surface area contributed by atoms with Crippen LogP contribution in [0.2, 0.25) is 0 Å². The van der Waals surface area contributed by atoms with Crippen LogP contribution in [0.4, 0.5) is 5.69 Å². The van der Waals surface area contributed by atoms with Gasteiger partial charge in [0.25, 0.3) is 0 Å². The zero-order chi connectivity index (χ0) is 14.8. The van der Waals surface area contributed by atoms with E-state index >= 15 is 0 Å². The molecular formula is C15H13Br2NO3. The van der Waals surface area contributed by atoms with Crippen LogP contribution in [0, 0.1) is 0 Å². The van der Waals surface area contributed by atoms with Crippen molar-refractivity contribution < 1.29 is 14.2 Å². The molecule has 3 rings (SSSR count). The van der Waals surface area contributed by atoms with Gasteiger partial charge in [0, 0.05) is 18.3 Å². The average molecular weight is 415 g/mol. The van der Waals surface area contributed by atoms with Crippen molar-refractivity contribution in [2.75, 3.05) is 19.2 Å². The van der Waals surface area contributed by atoms with Crippen molar-refractivity contribution in [3.05, 3.63) is 44.8 Å². The Labute approximate surface area is 139 Å². The molecule has 6 heteroatoms. The molecule has 2 aromatic carbocycles. The first kappa shape index (κ1) is 14.5. The summed E-state index contributed by atoms with van der Waals surface area (Å²) in [6, 6.07) is 9.88. The van der Waals surface area contributed by atoms with E-state index in [0.717, 1.165) is 37.4 Å². The summed E-state index contributed by atoms with van der Waals surface area (Å²) in [4.78, 5) is 0. The molecule has 0 saturated heterocycles. The SMILES string of the molecule is COc1c(Br)cc(CNc2ccc3c(c2)OCO3)cc1Br. The molecule has 1 aliphatic rings. The first-order valence-electron chi connectivity index (χ1n) is 6.33. The highest BCUT2D eigenvalue weighted by Crippen LogP contribution is 2.36. The number of ether oxygens (including phenoxy) is 3. The summed E-state index contributed by atoms with van der Waals surface area (Å²) in [6.45, 7) is 0.984. The summed E-state index contributed by atoms with van der Waals surface area (Å²) in [7, 11) is 1.65. The summed E-state index contributed by atoms with van der Waals surface area (Å²) in [6.07, 6.45) is 0. The number of halogens is 2. The third-order valence-electron chi connectivity index (χ3n) is 3.13. The maximum Gasteiger partial charge on any atom is 0.231 e. The molecule has 0 amide bonds. The van der Waals surface area contributed by atoms with Crippen LogP contribution in [0.25, 0.3) is 0 Å². The molecule has 2 aromatic rings. The van der Waals surface area contributed by atoms with Gasteiger partial charge in [-0.05, 0) is 61.7 Å². The summed E-state index contributed by atoms with van der Waals surface area (Å²) in [5.41, 5.74) is 2.12. The van der Waals surface area contributed by atoms with Gasteiger partial charge in [-0.3, -0.25) is 0 Å². The van der Waals surface area contributed by atoms with E-state index in [1.54, 1.807) is 7.11 Å². The molecule has 0 bridgehead atoms. The number of fused-ring (bicyclic) bond motifs is 1. The standard InChI is InChI=1S/C15H13Br2NO3/c1-19-15-11(16)4-9(5-12(15)17)7-18-10-2-3-13-14(6-10)21-8-20-13/h2-6,18H,7-8H2,1H3. The number of methoxy groups -OCH3 is 1. The second-order valence-electron chi connectivity index (χ2n) is 4.51. The van der Waals surface area contributed by atoms with Crippen LogP contribution in [-0.4, -0.2) is 13.9 Å². The van der Waals surface area contributed by atoms with Gasteiger partial charge in [0.05, 0.1) is 16.1 Å².